The summed E-state index contributed by atoms with van der Waals surface area (Å²) < 4.78 is 7.20. The molecule has 2 N–H and O–H groups in total. The summed E-state index contributed by atoms with van der Waals surface area (Å²) in [6.45, 7) is 3.29. The molecule has 2 aliphatic rings. The number of ether oxygens (including phenoxy) is 1. The van der Waals surface area contributed by atoms with Crippen LogP contribution < -0.4 is 15.5 Å². The summed E-state index contributed by atoms with van der Waals surface area (Å²) in [4.78, 5) is 28.0. The highest BCUT2D eigenvalue weighted by molar-refractivity contribution is 6.08. The number of amides is 3. The lowest BCUT2D eigenvalue weighted by Crippen LogP contribution is -2.39. The van der Waals surface area contributed by atoms with Crippen LogP contribution in [0.5, 0.6) is 0 Å². The zero-order valence-electron chi connectivity index (χ0n) is 14.9. The lowest BCUT2D eigenvalue weighted by atomic mass is 10.1. The second-order valence-electron chi connectivity index (χ2n) is 6.61. The number of likely N-dealkylation sites (N-methyl/N-ethyl adjacent to an activating group) is 1. The average molecular weight is 358 g/mol. The van der Waals surface area contributed by atoms with Gasteiger partial charge in [0, 0.05) is 27.2 Å². The molecule has 1 atom stereocenters. The maximum absolute atomic E-state index is 12.6. The number of urea groups is 1. The number of carbonyl (C=O) groups excluding carboxylic acids is 2. The number of morpholine rings is 1. The van der Waals surface area contributed by atoms with Crippen LogP contribution in [-0.2, 0) is 16.6 Å². The van der Waals surface area contributed by atoms with Gasteiger partial charge in [0.25, 0.3) is 0 Å². The van der Waals surface area contributed by atoms with Crippen LogP contribution in [0.1, 0.15) is 0 Å². The van der Waals surface area contributed by atoms with E-state index in [1.165, 1.54) is 4.90 Å². The smallest absolute Gasteiger partial charge is 0.317 e. The normalized spacial score (nSPS) is 20.5. The van der Waals surface area contributed by atoms with E-state index < -0.39 is 6.04 Å². The van der Waals surface area contributed by atoms with E-state index in [0.29, 0.717) is 25.6 Å². The zero-order valence-corrected chi connectivity index (χ0v) is 14.9. The highest BCUT2D eigenvalue weighted by atomic mass is 16.5. The van der Waals surface area contributed by atoms with Crippen LogP contribution in [0.2, 0.25) is 0 Å². The molecule has 0 saturated carbocycles. The first kappa shape index (κ1) is 16.6. The van der Waals surface area contributed by atoms with Gasteiger partial charge in [0.2, 0.25) is 5.91 Å². The molecule has 1 aromatic carbocycles. The SMILES string of the molecule is CN1CC(C(=O)Nc2nn(C)c3cccc(N4CCOCC4)c23)NC1=O. The van der Waals surface area contributed by atoms with E-state index in [2.05, 4.69) is 20.6 Å². The van der Waals surface area contributed by atoms with Gasteiger partial charge >= 0.3 is 6.03 Å². The molecular formula is C17H22N6O3. The molecule has 138 valence electrons. The quantitative estimate of drug-likeness (QED) is 0.827. The molecule has 3 heterocycles. The Morgan fingerprint density at radius 3 is 2.77 bits per heavy atom. The summed E-state index contributed by atoms with van der Waals surface area (Å²) in [5.74, 6) is 0.248. The van der Waals surface area contributed by atoms with Crippen molar-refractivity contribution in [3.63, 3.8) is 0 Å². The number of hydrogen-bond donors (Lipinski definition) is 2. The van der Waals surface area contributed by atoms with Crippen molar-refractivity contribution in [2.24, 2.45) is 7.05 Å². The molecule has 26 heavy (non-hydrogen) atoms. The van der Waals surface area contributed by atoms with Crippen molar-refractivity contribution in [1.82, 2.24) is 20.0 Å². The van der Waals surface area contributed by atoms with Crippen molar-refractivity contribution in [2.75, 3.05) is 50.1 Å². The molecule has 0 radical (unpaired) electrons. The van der Waals surface area contributed by atoms with Crippen LogP contribution in [0, 0.1) is 0 Å². The summed E-state index contributed by atoms with van der Waals surface area (Å²) in [6.07, 6.45) is 0. The molecule has 2 aliphatic heterocycles. The Bertz CT molecular complexity index is 858. The van der Waals surface area contributed by atoms with Crippen LogP contribution in [0.3, 0.4) is 0 Å². The number of anilines is 2. The standard InChI is InChI=1S/C17H22N6O3/c1-21-10-11(18-17(21)25)16(24)19-15-14-12(22(2)20-15)4-3-5-13(14)23-6-8-26-9-7-23/h3-5,11H,6-10H2,1-2H3,(H,18,25)(H,19,20,24). The van der Waals surface area contributed by atoms with E-state index in [1.807, 2.05) is 25.2 Å². The average Bonchev–Trinajstić information content (AvgIpc) is 3.15. The van der Waals surface area contributed by atoms with Crippen LogP contribution in [0.4, 0.5) is 16.3 Å². The van der Waals surface area contributed by atoms with E-state index in [-0.39, 0.29) is 11.9 Å². The third-order valence-corrected chi connectivity index (χ3v) is 4.87. The molecular weight excluding hydrogens is 336 g/mol. The number of fused-ring (bicyclic) bond motifs is 1. The second kappa shape index (κ2) is 6.49. The highest BCUT2D eigenvalue weighted by Crippen LogP contribution is 2.33. The maximum Gasteiger partial charge on any atom is 0.317 e. The Morgan fingerprint density at radius 1 is 1.31 bits per heavy atom. The molecule has 9 heteroatoms. The van der Waals surface area contributed by atoms with E-state index in [0.717, 1.165) is 29.7 Å². The first-order valence-corrected chi connectivity index (χ1v) is 8.65. The highest BCUT2D eigenvalue weighted by Gasteiger charge is 2.32. The fourth-order valence-electron chi connectivity index (χ4n) is 3.46. The molecule has 1 unspecified atom stereocenters. The Hall–Kier alpha value is -2.81. The predicted octanol–water partition coefficient (Wildman–Crippen LogP) is 0.372. The van der Waals surface area contributed by atoms with Crippen molar-refractivity contribution in [1.29, 1.82) is 0 Å². The lowest BCUT2D eigenvalue weighted by Gasteiger charge is -2.29. The van der Waals surface area contributed by atoms with Crippen LogP contribution in [0.15, 0.2) is 18.2 Å². The summed E-state index contributed by atoms with van der Waals surface area (Å²) >= 11 is 0. The van der Waals surface area contributed by atoms with Crippen LogP contribution in [-0.4, -0.2) is 72.6 Å². The minimum Gasteiger partial charge on any atom is -0.378 e. The number of aromatic nitrogens is 2. The van der Waals surface area contributed by atoms with E-state index in [4.69, 9.17) is 4.74 Å². The largest absolute Gasteiger partial charge is 0.378 e. The summed E-state index contributed by atoms with van der Waals surface area (Å²) in [5, 5.41) is 11.0. The third kappa shape index (κ3) is 2.84. The topological polar surface area (TPSA) is 91.7 Å². The van der Waals surface area contributed by atoms with Gasteiger partial charge in [-0.2, -0.15) is 5.10 Å². The summed E-state index contributed by atoms with van der Waals surface area (Å²) in [7, 11) is 3.52. The Balaban J connectivity index is 1.66. The van der Waals surface area contributed by atoms with Crippen LogP contribution >= 0.6 is 0 Å². The Kier molecular flexibility index (Phi) is 4.15. The van der Waals surface area contributed by atoms with Gasteiger partial charge in [-0.05, 0) is 12.1 Å². The fraction of sp³-hybridized carbons (Fsp3) is 0.471. The summed E-state index contributed by atoms with van der Waals surface area (Å²) in [6, 6.07) is 5.18. The van der Waals surface area contributed by atoms with Crippen LogP contribution in [0.25, 0.3) is 10.9 Å². The van der Waals surface area contributed by atoms with E-state index in [9.17, 15) is 9.59 Å². The van der Waals surface area contributed by atoms with E-state index >= 15 is 0 Å². The molecule has 0 bridgehead atoms. The van der Waals surface area contributed by atoms with E-state index in [1.54, 1.807) is 11.7 Å². The first-order chi connectivity index (χ1) is 12.5. The minimum absolute atomic E-state index is 0.245. The molecule has 2 fully saturated rings. The molecule has 1 aromatic heterocycles. The van der Waals surface area contributed by atoms with Gasteiger partial charge in [-0.1, -0.05) is 6.07 Å². The predicted molar refractivity (Wildman–Crippen MR) is 97.3 cm³/mol. The zero-order chi connectivity index (χ0) is 18.3. The molecule has 0 aliphatic carbocycles. The number of hydrogen-bond acceptors (Lipinski definition) is 5. The fourth-order valence-corrected chi connectivity index (χ4v) is 3.46. The van der Waals surface area contributed by atoms with Gasteiger partial charge in [-0.25, -0.2) is 4.79 Å². The van der Waals surface area contributed by atoms with Gasteiger partial charge in [0.15, 0.2) is 5.82 Å². The van der Waals surface area contributed by atoms with Gasteiger partial charge in [-0.3, -0.25) is 9.48 Å². The number of carbonyl (C=O) groups is 2. The lowest BCUT2D eigenvalue weighted by molar-refractivity contribution is -0.117. The number of benzene rings is 1. The number of nitrogens with zero attached hydrogens (tertiary/aromatic N) is 4. The third-order valence-electron chi connectivity index (χ3n) is 4.87. The van der Waals surface area contributed by atoms with Crippen molar-refractivity contribution in [2.45, 2.75) is 6.04 Å². The summed E-state index contributed by atoms with van der Waals surface area (Å²) in [5.41, 5.74) is 1.97. The molecule has 4 rings (SSSR count). The number of nitrogens with one attached hydrogen (secondary N) is 2. The van der Waals surface area contributed by atoms with Gasteiger partial charge < -0.3 is 25.2 Å². The maximum atomic E-state index is 12.6. The van der Waals surface area contributed by atoms with Crippen molar-refractivity contribution in [3.05, 3.63) is 18.2 Å². The van der Waals surface area contributed by atoms with Crippen molar-refractivity contribution >= 4 is 34.3 Å². The van der Waals surface area contributed by atoms with Crippen molar-refractivity contribution < 1.29 is 14.3 Å². The number of aryl methyl sites for hydroxylation is 1. The molecule has 2 aromatic rings. The molecule has 3 amide bonds. The Labute approximate surface area is 150 Å². The van der Waals surface area contributed by atoms with Crippen molar-refractivity contribution in [3.8, 4) is 0 Å². The molecule has 0 spiro atoms. The first-order valence-electron chi connectivity index (χ1n) is 8.65. The monoisotopic (exact) mass is 358 g/mol. The second-order valence-corrected chi connectivity index (χ2v) is 6.61. The number of rotatable bonds is 3. The minimum atomic E-state index is -0.583. The van der Waals surface area contributed by atoms with Gasteiger partial charge in [0.05, 0.1) is 36.3 Å². The molecule has 9 nitrogen and oxygen atoms in total. The molecule has 2 saturated heterocycles. The Morgan fingerprint density at radius 2 is 2.08 bits per heavy atom. The van der Waals surface area contributed by atoms with Gasteiger partial charge in [-0.15, -0.1) is 0 Å². The van der Waals surface area contributed by atoms with Gasteiger partial charge in [0.1, 0.15) is 6.04 Å².